The Morgan fingerprint density at radius 2 is 1.92 bits per heavy atom. The number of pyridine rings is 1. The third-order valence-electron chi connectivity index (χ3n) is 1.66. The number of ketones is 1. The normalized spacial score (nSPS) is 9.15. The Labute approximate surface area is 92.1 Å². The average Bonchev–Trinajstić information content (AvgIpc) is 1.82. The topological polar surface area (TPSA) is 48.2 Å². The van der Waals surface area contributed by atoms with Crippen LogP contribution in [0, 0.1) is 13.8 Å². The first-order valence-corrected chi connectivity index (χ1v) is 3.68. The summed E-state index contributed by atoms with van der Waals surface area (Å²) in [5.41, 5.74) is 1.16. The van der Waals surface area contributed by atoms with E-state index in [1.165, 1.54) is 6.92 Å². The van der Waals surface area contributed by atoms with Crippen molar-refractivity contribution in [2.45, 2.75) is 20.8 Å². The molecular weight excluding hydrogens is 335 g/mol. The molecule has 0 atom stereocenters. The van der Waals surface area contributed by atoms with Crippen molar-refractivity contribution in [2.24, 2.45) is 0 Å². The van der Waals surface area contributed by atoms with Crippen LogP contribution in [-0.4, -0.2) is 5.78 Å². The molecule has 0 aromatic carbocycles. The van der Waals surface area contributed by atoms with Crippen LogP contribution in [0.15, 0.2) is 10.9 Å². The molecule has 1 rings (SSSR count). The summed E-state index contributed by atoms with van der Waals surface area (Å²) in [6.45, 7) is 4.85. The van der Waals surface area contributed by atoms with Gasteiger partial charge >= 0.3 is 0 Å². The van der Waals surface area contributed by atoms with Crippen LogP contribution < -0.4 is 10.5 Å². The van der Waals surface area contributed by atoms with Crippen LogP contribution in [0.5, 0.6) is 0 Å². The molecule has 0 aliphatic heterocycles. The van der Waals surface area contributed by atoms with Crippen molar-refractivity contribution in [3.63, 3.8) is 0 Å². The van der Waals surface area contributed by atoms with E-state index < -0.39 is 5.56 Å². The summed E-state index contributed by atoms with van der Waals surface area (Å²) in [5, 5.41) is 0. The van der Waals surface area contributed by atoms with Gasteiger partial charge in [-0.1, -0.05) is 13.0 Å². The molecule has 0 saturated carbocycles. The van der Waals surface area contributed by atoms with Gasteiger partial charge in [0.05, 0.1) is 5.56 Å². The van der Waals surface area contributed by atoms with Crippen molar-refractivity contribution >= 4 is 5.78 Å². The number of Topliss-reactive ketones (excluding diaryl/α,β-unsaturated/α-hetero) is 1. The van der Waals surface area contributed by atoms with Gasteiger partial charge in [-0.2, -0.15) is 5.69 Å². The van der Waals surface area contributed by atoms with Gasteiger partial charge < -0.3 is 9.78 Å². The van der Waals surface area contributed by atoms with Gasteiger partial charge in [0.25, 0.3) is 0 Å². The molecule has 69 valence electrons. The van der Waals surface area contributed by atoms with Gasteiger partial charge in [-0.25, -0.2) is 0 Å². The second-order valence-corrected chi connectivity index (χ2v) is 2.82. The Morgan fingerprint density at radius 1 is 1.38 bits per heavy atom. The van der Waals surface area contributed by atoms with E-state index in [1.807, 2.05) is 0 Å². The fourth-order valence-corrected chi connectivity index (χ4v) is 1.23. The minimum Gasteiger partial charge on any atom is -0.626 e. The molecule has 4 heteroatoms. The molecule has 0 amide bonds. The van der Waals surface area contributed by atoms with Crippen molar-refractivity contribution in [1.82, 2.24) is 4.98 Å². The van der Waals surface area contributed by atoms with Gasteiger partial charge in [-0.05, 0) is 19.4 Å². The molecule has 0 unspecified atom stereocenters. The van der Waals surface area contributed by atoms with Gasteiger partial charge in [0.2, 0.25) is 0 Å². The van der Waals surface area contributed by atoms with Crippen molar-refractivity contribution in [3.05, 3.63) is 33.2 Å². The fourth-order valence-electron chi connectivity index (χ4n) is 1.23. The van der Waals surface area contributed by atoms with Gasteiger partial charge in [0, 0.05) is 27.9 Å². The van der Waals surface area contributed by atoms with Crippen molar-refractivity contribution in [3.8, 4) is 0 Å². The van der Waals surface area contributed by atoms with E-state index in [-0.39, 0.29) is 33.7 Å². The largest absolute Gasteiger partial charge is 0.626 e. The summed E-state index contributed by atoms with van der Waals surface area (Å²) in [6, 6.07) is 1.73. The molecule has 1 radical (unpaired) electrons. The van der Waals surface area contributed by atoms with Crippen LogP contribution in [-0.2, 0) is 22.4 Å². The number of aromatic nitrogens is 1. The third kappa shape index (κ3) is 2.66. The zero-order valence-electron chi connectivity index (χ0n) is 7.79. The number of rotatable bonds is 1. The van der Waals surface area contributed by atoms with E-state index in [2.05, 4.69) is 4.98 Å². The second kappa shape index (κ2) is 4.56. The number of aryl methyl sites for hydroxylation is 2. The first-order valence-electron chi connectivity index (χ1n) is 3.68. The Morgan fingerprint density at radius 3 is 2.31 bits per heavy atom. The number of carbonyl (C=O) groups excluding carboxylic acids is 1. The van der Waals surface area contributed by atoms with Crippen molar-refractivity contribution in [1.29, 1.82) is 0 Å². The van der Waals surface area contributed by atoms with Gasteiger partial charge in [0.1, 0.15) is 0 Å². The number of hydrogen-bond acceptors (Lipinski definition) is 2. The van der Waals surface area contributed by atoms with Crippen LogP contribution in [0.4, 0.5) is 0 Å². The zero-order chi connectivity index (χ0) is 9.30. The molecule has 0 spiro atoms. The standard InChI is InChI=1S/C9H11NO2.Ta/c1-5-4-6(2)10-9(12)8(5)7(3)11;/h4H,1-3H3,(H,10,11,12);/p-1. The second-order valence-electron chi connectivity index (χ2n) is 2.82. The number of hydrogen-bond donors (Lipinski definition) is 0. The Bertz CT molecular complexity index is 382. The van der Waals surface area contributed by atoms with Gasteiger partial charge in [0.15, 0.2) is 5.78 Å². The number of carbonyl (C=O) groups is 1. The Hall–Kier alpha value is -0.640. The molecule has 3 nitrogen and oxygen atoms in total. The van der Waals surface area contributed by atoms with E-state index >= 15 is 0 Å². The van der Waals surface area contributed by atoms with Crippen LogP contribution in [0.3, 0.4) is 0 Å². The molecule has 13 heavy (non-hydrogen) atoms. The predicted octanol–water partition coefficient (Wildman–Crippen LogP) is 0.821. The summed E-state index contributed by atoms with van der Waals surface area (Å²) in [7, 11) is 0. The smallest absolute Gasteiger partial charge is 0.162 e. The summed E-state index contributed by atoms with van der Waals surface area (Å²) in [5.74, 6) is -0.218. The van der Waals surface area contributed by atoms with Crippen LogP contribution in [0.25, 0.3) is 0 Å². The maximum absolute atomic E-state index is 11.2. The fraction of sp³-hybridized carbons (Fsp3) is 0.333. The van der Waals surface area contributed by atoms with Crippen molar-refractivity contribution in [2.75, 3.05) is 0 Å². The molecule has 1 aromatic heterocycles. The maximum Gasteiger partial charge on any atom is 0.162 e. The Kier molecular flexibility index (Phi) is 4.33. The SMILES string of the molecule is CC(=O)c1c(C)cc(C)[n-]c1=O.[Ta]. The molecular formula is C9H10NO2Ta-. The van der Waals surface area contributed by atoms with Crippen LogP contribution in [0.1, 0.15) is 28.5 Å². The Balaban J connectivity index is 0.00000144. The maximum atomic E-state index is 11.2. The summed E-state index contributed by atoms with van der Waals surface area (Å²) in [4.78, 5) is 25.8. The van der Waals surface area contributed by atoms with Crippen molar-refractivity contribution < 1.29 is 27.2 Å². The number of nitrogens with zero attached hydrogens (tertiary/aromatic N) is 1. The minimum atomic E-state index is -0.417. The summed E-state index contributed by atoms with van der Waals surface area (Å²) >= 11 is 0. The quantitative estimate of drug-likeness (QED) is 0.709. The van der Waals surface area contributed by atoms with Crippen LogP contribution in [0.2, 0.25) is 0 Å². The minimum absolute atomic E-state index is 0. The first-order chi connectivity index (χ1) is 5.52. The third-order valence-corrected chi connectivity index (χ3v) is 1.66. The predicted molar refractivity (Wildman–Crippen MR) is 45.5 cm³/mol. The molecule has 0 saturated heterocycles. The monoisotopic (exact) mass is 345 g/mol. The molecule has 1 heterocycles. The van der Waals surface area contributed by atoms with E-state index in [9.17, 15) is 9.59 Å². The van der Waals surface area contributed by atoms with Crippen LogP contribution >= 0.6 is 0 Å². The molecule has 0 N–H and O–H groups in total. The summed E-state index contributed by atoms with van der Waals surface area (Å²) in [6.07, 6.45) is 0. The molecule has 0 bridgehead atoms. The first kappa shape index (κ1) is 12.4. The van der Waals surface area contributed by atoms with E-state index in [4.69, 9.17) is 0 Å². The average molecular weight is 345 g/mol. The van der Waals surface area contributed by atoms with Gasteiger partial charge in [-0.15, -0.1) is 0 Å². The zero-order valence-corrected chi connectivity index (χ0v) is 11.0. The molecule has 0 aliphatic carbocycles. The summed E-state index contributed by atoms with van der Waals surface area (Å²) < 4.78 is 0. The van der Waals surface area contributed by atoms with E-state index in [1.54, 1.807) is 19.9 Å². The van der Waals surface area contributed by atoms with Gasteiger partial charge in [-0.3, -0.25) is 4.79 Å². The molecule has 1 aromatic rings. The van der Waals surface area contributed by atoms with E-state index in [0.717, 1.165) is 0 Å². The molecule has 0 fully saturated rings. The molecule has 0 aliphatic rings. The van der Waals surface area contributed by atoms with E-state index in [0.29, 0.717) is 11.3 Å².